The minimum Gasteiger partial charge on any atom is -0.508 e. The lowest BCUT2D eigenvalue weighted by Crippen LogP contribution is -2.59. The van der Waals surface area contributed by atoms with E-state index in [9.17, 15) is 47.9 Å². The number of rotatable bonds is 25. The van der Waals surface area contributed by atoms with Crippen molar-refractivity contribution in [2.75, 3.05) is 66.4 Å². The Bertz CT molecular complexity index is 5260. The molecule has 12 amide bonds. The molecule has 714 valence electrons. The molecule has 8 rings (SSSR count). The van der Waals surface area contributed by atoms with Crippen LogP contribution in [0.2, 0.25) is 0 Å². The Kier molecular flexibility index (Phi) is 39.9. The number of hydrogen-bond donors (Lipinski definition) is 9. The highest BCUT2D eigenvalue weighted by atomic mass is 32.2. The molecule has 1 fully saturated rings. The van der Waals surface area contributed by atoms with Crippen molar-refractivity contribution in [1.82, 2.24) is 61.4 Å². The van der Waals surface area contributed by atoms with E-state index in [4.69, 9.17) is 10.5 Å². The van der Waals surface area contributed by atoms with Crippen LogP contribution in [0, 0.1) is 52.8 Å². The van der Waals surface area contributed by atoms with Crippen LogP contribution in [0.25, 0.3) is 10.9 Å². The van der Waals surface area contributed by atoms with Gasteiger partial charge in [0.2, 0.25) is 76.7 Å². The van der Waals surface area contributed by atoms with E-state index < -0.39 is 271 Å². The van der Waals surface area contributed by atoms with Crippen molar-refractivity contribution in [1.29, 1.82) is 0 Å². The Balaban J connectivity index is 1.24. The van der Waals surface area contributed by atoms with Crippen LogP contribution in [0.3, 0.4) is 0 Å². The molecule has 2 heterocycles. The number of para-hydroxylation sites is 1. The minimum atomic E-state index is -2.59. The second-order valence-electron chi connectivity index (χ2n) is 34.1. The third-order valence-electron chi connectivity index (χ3n) is 23.3. The summed E-state index contributed by atoms with van der Waals surface area (Å²) in [4.78, 5) is 243. The standard InChI is InChI=1S/C96H116F5N13O18S/c1-11-12-32-75-95(130)110(6)49-64(117)44-62(51-132-54-115)79(119)47-66(56(4)5)92(127)113(9)76(42-58-26-18-14-19-27-58)91(126)108-72(41-60-33-35-63(116)36-34-60)93(128)111(7)50-81(121)104-70(45-61-48-103-68-31-23-22-30-65(61)68)89(124)107-71(46-67-83(97)85(99)87(101)86(100)84(67)98)90(125)106-69(39-55(2)3)88(123)109-74(78(118)37-38-80(102)120)52-133-53-82(122)105-73(40-57-24-16-13-17-25-57)94(129)114(10)77(96(131)112(75)8)43-59-28-20-15-21-29-59/h13-31,33-36,48,54-56,62,66,69-77,103,116H,11-12,32,37-47,49-53H2,1-10H3,(H2,102,120)(H,104,121)(H,105,122)(H,106,125)(H,107,124)(H,108,126)(H,109,123)/t62-,66-,69-,70-,71-,72-,73-,74-,75-,76-,77-/m0/s1. The summed E-state index contributed by atoms with van der Waals surface area (Å²) in [6.07, 6.45) is -3.35. The molecule has 6 aromatic carbocycles. The molecule has 1 aromatic heterocycles. The van der Waals surface area contributed by atoms with E-state index in [1.165, 1.54) is 63.6 Å². The molecule has 133 heavy (non-hydrogen) atoms. The average Bonchev–Trinajstić information content (AvgIpc) is 1.36. The molecule has 10 N–H and O–H groups in total. The number of nitrogens with two attached hydrogens (primary N) is 1. The number of carbonyl (C=O) groups excluding carboxylic acids is 16. The van der Waals surface area contributed by atoms with Gasteiger partial charge >= 0.3 is 0 Å². The molecule has 11 atom stereocenters. The highest BCUT2D eigenvalue weighted by molar-refractivity contribution is 8.00. The van der Waals surface area contributed by atoms with E-state index in [0.717, 1.165) is 38.4 Å². The van der Waals surface area contributed by atoms with Gasteiger partial charge in [-0.2, -0.15) is 0 Å². The summed E-state index contributed by atoms with van der Waals surface area (Å²) in [5, 5.41) is 26.1. The number of halogens is 5. The highest BCUT2D eigenvalue weighted by Crippen LogP contribution is 2.30. The Morgan fingerprint density at radius 2 is 1.01 bits per heavy atom. The number of amides is 12. The zero-order valence-electron chi connectivity index (χ0n) is 75.9. The lowest BCUT2D eigenvalue weighted by Gasteiger charge is -2.37. The van der Waals surface area contributed by atoms with Crippen LogP contribution >= 0.6 is 11.8 Å². The van der Waals surface area contributed by atoms with E-state index in [1.807, 2.05) is 6.92 Å². The quantitative estimate of drug-likeness (QED) is 0.0129. The SMILES string of the molecule is CCCC[C@H]1C(=O)N(C)CC(=O)C[C@@H](COC=O)C(=O)C[C@@H](C(C)C)C(=O)N(C)[C@@H](Cc2ccccc2)C(=O)N[C@@H](Cc2ccc(O)cc2)C(=O)N(C)CC(=O)N[C@@H](Cc2c[nH]c3ccccc23)C(=O)N[C@@H](Cc2c(F)c(F)c(F)c(F)c2F)C(=O)N[C@@H](CC(C)C)C(=O)N[C@H](C(=O)CCC(N)=O)CSCC(=O)N[C@@H](Cc2ccccc2)C(=O)N(C)[C@@H](Cc2ccccc2)C(=O)N1C. The first-order valence-electron chi connectivity index (χ1n) is 43.7. The van der Waals surface area contributed by atoms with Gasteiger partial charge in [0, 0.05) is 134 Å². The van der Waals surface area contributed by atoms with Crippen molar-refractivity contribution in [2.24, 2.45) is 29.4 Å². The number of thioether (sulfide) groups is 1. The number of benzene rings is 6. The van der Waals surface area contributed by atoms with Gasteiger partial charge in [0.05, 0.1) is 30.8 Å². The predicted molar refractivity (Wildman–Crippen MR) is 484 cm³/mol. The van der Waals surface area contributed by atoms with Crippen LogP contribution in [-0.4, -0.2) is 250 Å². The van der Waals surface area contributed by atoms with Gasteiger partial charge in [-0.25, -0.2) is 22.0 Å². The fourth-order valence-electron chi connectivity index (χ4n) is 15.7. The average molecular weight is 1870 g/mol. The highest BCUT2D eigenvalue weighted by Gasteiger charge is 2.43. The number of H-pyrrole nitrogens is 1. The number of ether oxygens (including phenoxy) is 1. The van der Waals surface area contributed by atoms with Crippen molar-refractivity contribution < 1.29 is 109 Å². The van der Waals surface area contributed by atoms with Gasteiger partial charge in [-0.3, -0.25) is 76.7 Å². The Labute approximate surface area is 772 Å². The van der Waals surface area contributed by atoms with Gasteiger partial charge < -0.3 is 77.0 Å². The molecule has 0 spiro atoms. The Morgan fingerprint density at radius 1 is 0.511 bits per heavy atom. The van der Waals surface area contributed by atoms with Crippen LogP contribution < -0.4 is 37.6 Å². The zero-order chi connectivity index (χ0) is 97.6. The van der Waals surface area contributed by atoms with E-state index in [0.29, 0.717) is 51.6 Å². The molecule has 7 aromatic rings. The predicted octanol–water partition coefficient (Wildman–Crippen LogP) is 6.43. The zero-order valence-corrected chi connectivity index (χ0v) is 76.7. The van der Waals surface area contributed by atoms with Crippen molar-refractivity contribution >= 4 is 117 Å². The van der Waals surface area contributed by atoms with Crippen LogP contribution in [0.1, 0.15) is 119 Å². The first kappa shape index (κ1) is 105. The van der Waals surface area contributed by atoms with E-state index in [-0.39, 0.29) is 50.7 Å². The van der Waals surface area contributed by atoms with Crippen LogP contribution in [-0.2, 0) is 120 Å². The number of fused-ring (bicyclic) bond motifs is 1. The number of nitrogens with one attached hydrogen (secondary N) is 7. The maximum absolute atomic E-state index is 16.1. The van der Waals surface area contributed by atoms with Gasteiger partial charge in [0.25, 0.3) is 6.47 Å². The number of aromatic hydroxyl groups is 1. The normalized spacial score (nSPS) is 21.8. The van der Waals surface area contributed by atoms with E-state index in [2.05, 4.69) is 36.9 Å². The van der Waals surface area contributed by atoms with Crippen LogP contribution in [0.5, 0.6) is 5.75 Å². The molecule has 0 aliphatic carbocycles. The summed E-state index contributed by atoms with van der Waals surface area (Å²) >= 11 is 0.746. The van der Waals surface area contributed by atoms with Gasteiger partial charge in [0.15, 0.2) is 34.8 Å². The summed E-state index contributed by atoms with van der Waals surface area (Å²) in [5.41, 5.74) is 6.59. The molecule has 1 aliphatic heterocycles. The van der Waals surface area contributed by atoms with Crippen molar-refractivity contribution in [3.63, 3.8) is 0 Å². The molecule has 37 heteroatoms. The number of phenols is 1. The maximum Gasteiger partial charge on any atom is 0.293 e. The van der Waals surface area contributed by atoms with Gasteiger partial charge in [-0.05, 0) is 70.7 Å². The summed E-state index contributed by atoms with van der Waals surface area (Å²) in [5.74, 6) is -31.7. The third kappa shape index (κ3) is 30.2. The number of unbranched alkanes of at least 4 members (excludes halogenated alkanes) is 1. The Hall–Kier alpha value is -13.2. The van der Waals surface area contributed by atoms with E-state index >= 15 is 55.9 Å². The van der Waals surface area contributed by atoms with Crippen molar-refractivity contribution in [2.45, 2.75) is 179 Å². The lowest BCUT2D eigenvalue weighted by molar-refractivity contribution is -0.151. The summed E-state index contributed by atoms with van der Waals surface area (Å²) in [7, 11) is 6.48. The van der Waals surface area contributed by atoms with E-state index in [1.54, 1.807) is 143 Å². The second kappa shape index (κ2) is 50.4. The first-order chi connectivity index (χ1) is 63.2. The van der Waals surface area contributed by atoms with Gasteiger partial charge in [0.1, 0.15) is 66.5 Å². The smallest absolute Gasteiger partial charge is 0.293 e. The fourth-order valence-corrected chi connectivity index (χ4v) is 16.6. The molecule has 31 nitrogen and oxygen atoms in total. The number of carbonyl (C=O) groups is 16. The third-order valence-corrected chi connectivity index (χ3v) is 24.3. The molecule has 0 saturated carbocycles. The second-order valence-corrected chi connectivity index (χ2v) is 35.2. The van der Waals surface area contributed by atoms with Crippen molar-refractivity contribution in [3.8, 4) is 5.75 Å². The topological polar surface area (TPSA) is 433 Å². The number of aromatic amines is 1. The number of phenolic OH excluding ortho intramolecular Hbond substituents is 1. The van der Waals surface area contributed by atoms with Crippen molar-refractivity contribution in [3.05, 3.63) is 208 Å². The summed E-state index contributed by atoms with van der Waals surface area (Å²) in [6.45, 7) is 6.07. The minimum absolute atomic E-state index is 0.0423. The molecule has 1 aliphatic rings. The molecule has 0 radical (unpaired) electrons. The fraction of sp³-hybridized carbons (Fsp3) is 0.438. The van der Waals surface area contributed by atoms with Crippen LogP contribution in [0.15, 0.2) is 146 Å². The maximum atomic E-state index is 16.1. The number of ketones is 3. The molecule has 0 unspecified atom stereocenters. The number of Topliss-reactive ketones (excluding diaryl/α,β-unsaturated/α-hetero) is 3. The number of primary amides is 1. The number of aromatic nitrogens is 1. The van der Waals surface area contributed by atoms with Gasteiger partial charge in [-0.1, -0.05) is 169 Å². The largest absolute Gasteiger partial charge is 0.508 e. The Morgan fingerprint density at radius 3 is 1.58 bits per heavy atom. The van der Waals surface area contributed by atoms with Gasteiger partial charge in [-0.15, -0.1) is 11.8 Å². The molecule has 1 saturated heterocycles. The molecule has 0 bridgehead atoms. The summed E-state index contributed by atoms with van der Waals surface area (Å²) < 4.78 is 82.7. The monoisotopic (exact) mass is 1870 g/mol. The van der Waals surface area contributed by atoms with Crippen LogP contribution in [0.4, 0.5) is 22.0 Å². The first-order valence-corrected chi connectivity index (χ1v) is 44.9. The number of likely N-dealkylation sites (N-methyl/N-ethyl adjacent to an activating group) is 5. The lowest BCUT2D eigenvalue weighted by atomic mass is 9.84. The molecular weight excluding hydrogens is 1750 g/mol. The molecular formula is C96H116F5N13O18S. The number of hydrogen-bond acceptors (Lipinski definition) is 19. The summed E-state index contributed by atoms with van der Waals surface area (Å²) in [6, 6.07) is 22.2. The number of nitrogens with zero attached hydrogens (tertiary/aromatic N) is 5.